The zero-order valence-electron chi connectivity index (χ0n) is 8.16. The Morgan fingerprint density at radius 1 is 1.27 bits per heavy atom. The number of hydrogen-bond acceptors (Lipinski definition) is 3. The Morgan fingerprint density at radius 2 is 2.07 bits per heavy atom. The van der Waals surface area contributed by atoms with Crippen LogP contribution >= 0.6 is 0 Å². The molecule has 0 atom stereocenters. The largest absolute Gasteiger partial charge is 0.494 e. The van der Waals surface area contributed by atoms with Gasteiger partial charge in [-0.1, -0.05) is 0 Å². The summed E-state index contributed by atoms with van der Waals surface area (Å²) in [5.74, 6) is 0.613. The number of benzene rings is 1. The molecule has 5 heteroatoms. The van der Waals surface area contributed by atoms with E-state index >= 15 is 0 Å². The molecular formula is C10H10N2O3. The number of aromatic nitrogens is 2. The van der Waals surface area contributed by atoms with Crippen molar-refractivity contribution in [3.05, 3.63) is 39.0 Å². The Labute approximate surface area is 84.7 Å². The smallest absolute Gasteiger partial charge is 0.326 e. The van der Waals surface area contributed by atoms with Gasteiger partial charge in [0, 0.05) is 0 Å². The second kappa shape index (κ2) is 3.61. The van der Waals surface area contributed by atoms with Crippen molar-refractivity contribution in [3.63, 3.8) is 0 Å². The summed E-state index contributed by atoms with van der Waals surface area (Å²) in [5.41, 5.74) is -0.404. The number of fused-ring (bicyclic) bond motifs is 1. The molecule has 0 aliphatic carbocycles. The maximum absolute atomic E-state index is 11.4. The lowest BCUT2D eigenvalue weighted by molar-refractivity contribution is 0.340. The predicted octanol–water partition coefficient (Wildman–Crippen LogP) is 0.615. The Bertz CT molecular complexity index is 597. The van der Waals surface area contributed by atoms with Crippen LogP contribution in [0.2, 0.25) is 0 Å². The van der Waals surface area contributed by atoms with Crippen molar-refractivity contribution in [1.82, 2.24) is 9.97 Å². The molecule has 0 fully saturated rings. The second-order valence-electron chi connectivity index (χ2n) is 3.05. The van der Waals surface area contributed by atoms with Crippen molar-refractivity contribution in [2.24, 2.45) is 0 Å². The van der Waals surface area contributed by atoms with E-state index < -0.39 is 11.2 Å². The number of aromatic amines is 2. The summed E-state index contributed by atoms with van der Waals surface area (Å²) in [6, 6.07) is 4.96. The van der Waals surface area contributed by atoms with E-state index in [0.717, 1.165) is 0 Å². The van der Waals surface area contributed by atoms with E-state index in [1.165, 1.54) is 0 Å². The van der Waals surface area contributed by atoms with Crippen LogP contribution < -0.4 is 16.0 Å². The number of rotatable bonds is 2. The van der Waals surface area contributed by atoms with Gasteiger partial charge in [-0.3, -0.25) is 9.78 Å². The molecule has 2 aromatic rings. The molecule has 0 saturated heterocycles. The first kappa shape index (κ1) is 9.51. The Kier molecular flexibility index (Phi) is 2.29. The number of ether oxygens (including phenoxy) is 1. The van der Waals surface area contributed by atoms with E-state index in [2.05, 4.69) is 9.97 Å². The van der Waals surface area contributed by atoms with Crippen molar-refractivity contribution < 1.29 is 4.74 Å². The molecule has 0 spiro atoms. The lowest BCUT2D eigenvalue weighted by Gasteiger charge is -2.03. The standard InChI is InChI=1S/C10H10N2O3/c1-2-15-6-3-4-8-7(5-6)9(13)12-10(14)11-8/h3-5H,2H2,1H3,(H2,11,12,13,14). The monoisotopic (exact) mass is 206 g/mol. The Morgan fingerprint density at radius 3 is 2.80 bits per heavy atom. The molecule has 1 heterocycles. The molecular weight excluding hydrogens is 196 g/mol. The molecule has 0 bridgehead atoms. The van der Waals surface area contributed by atoms with Gasteiger partial charge in [0.1, 0.15) is 5.75 Å². The van der Waals surface area contributed by atoms with Gasteiger partial charge in [-0.05, 0) is 25.1 Å². The summed E-state index contributed by atoms with van der Waals surface area (Å²) in [7, 11) is 0. The van der Waals surface area contributed by atoms with Crippen LogP contribution in [0.5, 0.6) is 5.75 Å². The fourth-order valence-corrected chi connectivity index (χ4v) is 1.40. The fourth-order valence-electron chi connectivity index (χ4n) is 1.40. The van der Waals surface area contributed by atoms with Crippen LogP contribution in [0.4, 0.5) is 0 Å². The van der Waals surface area contributed by atoms with Crippen LogP contribution in [0.15, 0.2) is 27.8 Å². The summed E-state index contributed by atoms with van der Waals surface area (Å²) in [6.45, 7) is 2.40. The molecule has 0 saturated carbocycles. The highest BCUT2D eigenvalue weighted by Gasteiger charge is 2.01. The summed E-state index contributed by atoms with van der Waals surface area (Å²) in [4.78, 5) is 27.1. The van der Waals surface area contributed by atoms with Crippen LogP contribution in [0.1, 0.15) is 6.92 Å². The van der Waals surface area contributed by atoms with Crippen LogP contribution in [0.3, 0.4) is 0 Å². The minimum atomic E-state index is -0.503. The lowest BCUT2D eigenvalue weighted by Crippen LogP contribution is -2.21. The first-order chi connectivity index (χ1) is 7.20. The van der Waals surface area contributed by atoms with Gasteiger partial charge < -0.3 is 9.72 Å². The van der Waals surface area contributed by atoms with Gasteiger partial charge in [0.25, 0.3) is 5.56 Å². The molecule has 0 unspecified atom stereocenters. The molecule has 2 rings (SSSR count). The van der Waals surface area contributed by atoms with Crippen LogP contribution in [-0.2, 0) is 0 Å². The number of hydrogen-bond donors (Lipinski definition) is 2. The first-order valence-corrected chi connectivity index (χ1v) is 4.60. The predicted molar refractivity (Wildman–Crippen MR) is 56.4 cm³/mol. The molecule has 1 aromatic heterocycles. The van der Waals surface area contributed by atoms with Crippen LogP contribution in [0, 0.1) is 0 Å². The molecule has 0 aliphatic heterocycles. The number of H-pyrrole nitrogens is 2. The van der Waals surface area contributed by atoms with Gasteiger partial charge in [0.05, 0.1) is 17.5 Å². The van der Waals surface area contributed by atoms with Crippen LogP contribution in [0.25, 0.3) is 10.9 Å². The normalized spacial score (nSPS) is 10.5. The van der Waals surface area contributed by atoms with E-state index in [1.807, 2.05) is 6.92 Å². The zero-order valence-corrected chi connectivity index (χ0v) is 8.16. The minimum absolute atomic E-state index is 0.407. The topological polar surface area (TPSA) is 75.0 Å². The molecule has 2 N–H and O–H groups in total. The van der Waals surface area contributed by atoms with Gasteiger partial charge >= 0.3 is 5.69 Å². The fraction of sp³-hybridized carbons (Fsp3) is 0.200. The maximum atomic E-state index is 11.4. The summed E-state index contributed by atoms with van der Waals surface area (Å²) >= 11 is 0. The number of nitrogens with one attached hydrogen (secondary N) is 2. The van der Waals surface area contributed by atoms with Gasteiger partial charge in [-0.25, -0.2) is 4.79 Å². The van der Waals surface area contributed by atoms with E-state index in [4.69, 9.17) is 4.74 Å². The maximum Gasteiger partial charge on any atom is 0.326 e. The SMILES string of the molecule is CCOc1ccc2[nH]c(=O)[nH]c(=O)c2c1. The van der Waals surface area contributed by atoms with Gasteiger partial charge in [-0.2, -0.15) is 0 Å². The van der Waals surface area contributed by atoms with Gasteiger partial charge in [0.2, 0.25) is 0 Å². The van der Waals surface area contributed by atoms with E-state index in [-0.39, 0.29) is 0 Å². The summed E-state index contributed by atoms with van der Waals surface area (Å²) < 4.78 is 5.25. The Hall–Kier alpha value is -2.04. The first-order valence-electron chi connectivity index (χ1n) is 4.60. The zero-order chi connectivity index (χ0) is 10.8. The van der Waals surface area contributed by atoms with Crippen LogP contribution in [-0.4, -0.2) is 16.6 Å². The third-order valence-electron chi connectivity index (χ3n) is 2.02. The highest BCUT2D eigenvalue weighted by Crippen LogP contribution is 2.15. The summed E-state index contributed by atoms with van der Waals surface area (Å²) in [6.07, 6.45) is 0. The van der Waals surface area contributed by atoms with E-state index in [0.29, 0.717) is 23.3 Å². The third-order valence-corrected chi connectivity index (χ3v) is 2.02. The molecule has 78 valence electrons. The average molecular weight is 206 g/mol. The molecule has 0 radical (unpaired) electrons. The Balaban J connectivity index is 2.71. The van der Waals surface area contributed by atoms with Gasteiger partial charge in [0.15, 0.2) is 0 Å². The minimum Gasteiger partial charge on any atom is -0.494 e. The average Bonchev–Trinajstić information content (AvgIpc) is 2.19. The highest BCUT2D eigenvalue weighted by atomic mass is 16.5. The van der Waals surface area contributed by atoms with Crippen molar-refractivity contribution >= 4 is 10.9 Å². The second-order valence-corrected chi connectivity index (χ2v) is 3.05. The molecule has 5 nitrogen and oxygen atoms in total. The van der Waals surface area contributed by atoms with Crippen molar-refractivity contribution in [1.29, 1.82) is 0 Å². The van der Waals surface area contributed by atoms with Crippen molar-refractivity contribution in [2.75, 3.05) is 6.61 Å². The molecule has 1 aromatic carbocycles. The van der Waals surface area contributed by atoms with Gasteiger partial charge in [-0.15, -0.1) is 0 Å². The molecule has 0 aliphatic rings. The van der Waals surface area contributed by atoms with Crippen molar-refractivity contribution in [3.8, 4) is 5.75 Å². The lowest BCUT2D eigenvalue weighted by atomic mass is 10.2. The van der Waals surface area contributed by atoms with Crippen molar-refractivity contribution in [2.45, 2.75) is 6.92 Å². The van der Waals surface area contributed by atoms with E-state index in [9.17, 15) is 9.59 Å². The summed E-state index contributed by atoms with van der Waals surface area (Å²) in [5, 5.41) is 0.417. The molecule has 15 heavy (non-hydrogen) atoms. The highest BCUT2D eigenvalue weighted by molar-refractivity contribution is 5.78. The quantitative estimate of drug-likeness (QED) is 0.756. The third kappa shape index (κ3) is 1.76. The van der Waals surface area contributed by atoms with E-state index in [1.54, 1.807) is 18.2 Å². The molecule has 0 amide bonds.